The fourth-order valence-corrected chi connectivity index (χ4v) is 4.24. The number of hydrogen-bond donors (Lipinski definition) is 2. The number of rotatable bonds is 10. The topological polar surface area (TPSA) is 106 Å². The van der Waals surface area contributed by atoms with E-state index < -0.39 is 5.97 Å². The predicted molar refractivity (Wildman–Crippen MR) is 136 cm³/mol. The molecule has 0 aliphatic heterocycles. The van der Waals surface area contributed by atoms with Crippen molar-refractivity contribution in [3.63, 3.8) is 0 Å². The minimum atomic E-state index is -0.543. The van der Waals surface area contributed by atoms with Crippen LogP contribution in [0.25, 0.3) is 11.4 Å². The first-order valence-electron chi connectivity index (χ1n) is 10.3. The highest BCUT2D eigenvalue weighted by molar-refractivity contribution is 9.10. The number of aromatic nitrogens is 3. The van der Waals surface area contributed by atoms with E-state index in [1.165, 1.54) is 23.9 Å². The van der Waals surface area contributed by atoms with Crippen LogP contribution in [0.4, 0.5) is 5.69 Å². The molecule has 178 valence electrons. The minimum absolute atomic E-state index is 0.0397. The van der Waals surface area contributed by atoms with Crippen LogP contribution in [0, 0.1) is 0 Å². The van der Waals surface area contributed by atoms with Gasteiger partial charge in [-0.15, -0.1) is 16.8 Å². The lowest BCUT2D eigenvalue weighted by molar-refractivity contribution is -0.113. The van der Waals surface area contributed by atoms with E-state index in [0.29, 0.717) is 35.2 Å². The number of nitrogens with one attached hydrogen (secondary N) is 1. The van der Waals surface area contributed by atoms with Gasteiger partial charge in [-0.1, -0.05) is 52.3 Å². The van der Waals surface area contributed by atoms with Crippen LogP contribution in [0.2, 0.25) is 5.02 Å². The molecule has 1 heterocycles. The third-order valence-corrected chi connectivity index (χ3v) is 6.26. The lowest BCUT2D eigenvalue weighted by Crippen LogP contribution is -2.15. The molecule has 3 aromatic rings. The third kappa shape index (κ3) is 6.40. The Labute approximate surface area is 214 Å². The van der Waals surface area contributed by atoms with Crippen LogP contribution in [0.3, 0.4) is 0 Å². The standard InChI is InChI=1S/C23H22BrClN4O4S/c1-3-9-29-21(17-11-14(24)5-8-19(17)30)27-28-23(29)34-13-20(31)26-15-6-7-18(25)16(12-15)22(32)33-10-4-2/h3,5-8,11-12,30H,1,4,9-10,13H2,2H3,(H,26,31). The molecule has 0 saturated heterocycles. The molecule has 11 heteroatoms. The number of hydrogen-bond acceptors (Lipinski definition) is 7. The smallest absolute Gasteiger partial charge is 0.339 e. The maximum absolute atomic E-state index is 12.6. The Balaban J connectivity index is 1.72. The van der Waals surface area contributed by atoms with Gasteiger partial charge in [-0.3, -0.25) is 9.36 Å². The number of carbonyl (C=O) groups is 2. The van der Waals surface area contributed by atoms with Gasteiger partial charge in [0.1, 0.15) is 5.75 Å². The van der Waals surface area contributed by atoms with E-state index in [2.05, 4.69) is 38.0 Å². The van der Waals surface area contributed by atoms with Crippen LogP contribution in [0.1, 0.15) is 23.7 Å². The van der Waals surface area contributed by atoms with E-state index in [9.17, 15) is 14.7 Å². The second kappa shape index (κ2) is 12.0. The quantitative estimate of drug-likeness (QED) is 0.189. The van der Waals surface area contributed by atoms with Crippen LogP contribution in [-0.2, 0) is 16.1 Å². The van der Waals surface area contributed by atoms with Crippen LogP contribution in [0.5, 0.6) is 5.75 Å². The highest BCUT2D eigenvalue weighted by atomic mass is 79.9. The zero-order chi connectivity index (χ0) is 24.7. The minimum Gasteiger partial charge on any atom is -0.507 e. The normalized spacial score (nSPS) is 10.7. The number of esters is 1. The fraction of sp³-hybridized carbons (Fsp3) is 0.217. The summed E-state index contributed by atoms with van der Waals surface area (Å²) in [6.07, 6.45) is 2.37. The van der Waals surface area contributed by atoms with Crippen molar-refractivity contribution in [2.45, 2.75) is 25.0 Å². The van der Waals surface area contributed by atoms with Crippen molar-refractivity contribution in [2.75, 3.05) is 17.7 Å². The number of allylic oxidation sites excluding steroid dienone is 1. The van der Waals surface area contributed by atoms with Crippen molar-refractivity contribution in [3.05, 3.63) is 64.1 Å². The summed E-state index contributed by atoms with van der Waals surface area (Å²) in [5, 5.41) is 22.1. The first-order valence-corrected chi connectivity index (χ1v) is 12.4. The largest absolute Gasteiger partial charge is 0.507 e. The summed E-state index contributed by atoms with van der Waals surface area (Å²) in [6, 6.07) is 9.64. The summed E-state index contributed by atoms with van der Waals surface area (Å²) >= 11 is 10.7. The Bertz CT molecular complexity index is 1220. The van der Waals surface area contributed by atoms with Gasteiger partial charge in [-0.05, 0) is 42.8 Å². The van der Waals surface area contributed by atoms with E-state index in [1.54, 1.807) is 34.9 Å². The molecule has 2 aromatic carbocycles. The molecular formula is C23H22BrClN4O4S. The summed E-state index contributed by atoms with van der Waals surface area (Å²) in [5.41, 5.74) is 1.11. The molecule has 0 saturated carbocycles. The molecule has 0 unspecified atom stereocenters. The highest BCUT2D eigenvalue weighted by Gasteiger charge is 2.18. The van der Waals surface area contributed by atoms with Crippen LogP contribution >= 0.6 is 39.3 Å². The molecular weight excluding hydrogens is 544 g/mol. The zero-order valence-electron chi connectivity index (χ0n) is 18.3. The van der Waals surface area contributed by atoms with Gasteiger partial charge in [0.25, 0.3) is 0 Å². The van der Waals surface area contributed by atoms with Crippen molar-refractivity contribution < 1.29 is 19.4 Å². The van der Waals surface area contributed by atoms with Gasteiger partial charge < -0.3 is 15.2 Å². The summed E-state index contributed by atoms with van der Waals surface area (Å²) in [7, 11) is 0. The SMILES string of the molecule is C=CCn1c(SCC(=O)Nc2ccc(Cl)c(C(=O)OCCC)c2)nnc1-c1cc(Br)ccc1O. The molecule has 0 radical (unpaired) electrons. The molecule has 0 spiro atoms. The second-order valence-corrected chi connectivity index (χ2v) is 9.30. The van der Waals surface area contributed by atoms with Gasteiger partial charge in [0.15, 0.2) is 11.0 Å². The summed E-state index contributed by atoms with van der Waals surface area (Å²) in [4.78, 5) is 24.7. The average Bonchev–Trinajstić information content (AvgIpc) is 3.21. The Hall–Kier alpha value is -2.82. The van der Waals surface area contributed by atoms with Crippen molar-refractivity contribution in [3.8, 4) is 17.1 Å². The number of benzene rings is 2. The van der Waals surface area contributed by atoms with Crippen LogP contribution in [0.15, 0.2) is 58.7 Å². The maximum atomic E-state index is 12.6. The monoisotopic (exact) mass is 564 g/mol. The first-order chi connectivity index (χ1) is 16.3. The number of ether oxygens (including phenoxy) is 1. The molecule has 2 N–H and O–H groups in total. The number of carbonyl (C=O) groups excluding carboxylic acids is 2. The maximum Gasteiger partial charge on any atom is 0.339 e. The number of thioether (sulfide) groups is 1. The Morgan fingerprint density at radius 3 is 2.82 bits per heavy atom. The average molecular weight is 566 g/mol. The zero-order valence-corrected chi connectivity index (χ0v) is 21.4. The molecule has 0 aliphatic rings. The van der Waals surface area contributed by atoms with Gasteiger partial charge in [-0.2, -0.15) is 0 Å². The van der Waals surface area contributed by atoms with Crippen molar-refractivity contribution in [2.24, 2.45) is 0 Å². The second-order valence-electron chi connectivity index (χ2n) is 7.03. The first kappa shape index (κ1) is 25.8. The molecule has 1 amide bonds. The van der Waals surface area contributed by atoms with E-state index in [0.717, 1.165) is 4.47 Å². The number of nitrogens with zero attached hydrogens (tertiary/aromatic N) is 3. The molecule has 0 atom stereocenters. The summed E-state index contributed by atoms with van der Waals surface area (Å²) in [5.74, 6) is -0.294. The van der Waals surface area contributed by atoms with Crippen molar-refractivity contribution in [1.82, 2.24) is 14.8 Å². The number of amides is 1. The number of anilines is 1. The molecule has 0 fully saturated rings. The number of aromatic hydroxyl groups is 1. The Kier molecular flexibility index (Phi) is 9.14. The summed E-state index contributed by atoms with van der Waals surface area (Å²) in [6.45, 7) is 6.33. The molecule has 8 nitrogen and oxygen atoms in total. The van der Waals surface area contributed by atoms with E-state index in [1.807, 2.05) is 6.92 Å². The molecule has 1 aromatic heterocycles. The van der Waals surface area contributed by atoms with Gasteiger partial charge in [0.2, 0.25) is 5.91 Å². The Morgan fingerprint density at radius 2 is 2.09 bits per heavy atom. The van der Waals surface area contributed by atoms with Gasteiger partial charge >= 0.3 is 5.97 Å². The van der Waals surface area contributed by atoms with Crippen molar-refractivity contribution >= 4 is 56.9 Å². The predicted octanol–water partition coefficient (Wildman–Crippen LogP) is 5.55. The summed E-state index contributed by atoms with van der Waals surface area (Å²) < 4.78 is 7.67. The Morgan fingerprint density at radius 1 is 1.29 bits per heavy atom. The van der Waals surface area contributed by atoms with E-state index in [-0.39, 0.29) is 34.6 Å². The van der Waals surface area contributed by atoms with Crippen LogP contribution < -0.4 is 5.32 Å². The number of phenols is 1. The highest BCUT2D eigenvalue weighted by Crippen LogP contribution is 2.33. The lowest BCUT2D eigenvalue weighted by Gasteiger charge is -2.10. The van der Waals surface area contributed by atoms with Crippen LogP contribution in [-0.4, -0.2) is 44.1 Å². The van der Waals surface area contributed by atoms with Gasteiger partial charge in [0, 0.05) is 16.7 Å². The van der Waals surface area contributed by atoms with Crippen molar-refractivity contribution in [1.29, 1.82) is 0 Å². The molecule has 0 bridgehead atoms. The molecule has 0 aliphatic carbocycles. The fourth-order valence-electron chi connectivity index (χ4n) is 2.93. The van der Waals surface area contributed by atoms with Gasteiger partial charge in [-0.25, -0.2) is 4.79 Å². The molecule has 3 rings (SSSR count). The number of phenolic OH excluding ortho intramolecular Hbond substituents is 1. The lowest BCUT2D eigenvalue weighted by atomic mass is 10.2. The number of halogens is 2. The van der Waals surface area contributed by atoms with E-state index in [4.69, 9.17) is 16.3 Å². The van der Waals surface area contributed by atoms with E-state index >= 15 is 0 Å². The molecule has 34 heavy (non-hydrogen) atoms. The van der Waals surface area contributed by atoms with Gasteiger partial charge in [0.05, 0.1) is 28.5 Å². The third-order valence-electron chi connectivity index (χ3n) is 4.47.